The Morgan fingerprint density at radius 3 is 2.67 bits per heavy atom. The van der Waals surface area contributed by atoms with Crippen molar-refractivity contribution in [2.45, 2.75) is 6.92 Å². The summed E-state index contributed by atoms with van der Waals surface area (Å²) in [7, 11) is 0. The van der Waals surface area contributed by atoms with Crippen LogP contribution in [-0.4, -0.2) is 10.5 Å². The van der Waals surface area contributed by atoms with Gasteiger partial charge in [0.25, 0.3) is 0 Å². The second-order valence-corrected chi connectivity index (χ2v) is 5.00. The average molecular weight is 304 g/mol. The highest BCUT2D eigenvalue weighted by Crippen LogP contribution is 2.26. The van der Waals surface area contributed by atoms with Gasteiger partial charge < -0.3 is 4.74 Å². The predicted molar refractivity (Wildman–Crippen MR) is 71.2 cm³/mol. The zero-order chi connectivity index (χ0) is 13.3. The molecule has 0 bridgehead atoms. The van der Waals surface area contributed by atoms with Gasteiger partial charge in [-0.15, -0.1) is 0 Å². The normalized spacial score (nSPS) is 10.4. The molecule has 0 aliphatic carbocycles. The highest BCUT2D eigenvalue weighted by Gasteiger charge is 2.13. The van der Waals surface area contributed by atoms with E-state index in [1.807, 2.05) is 0 Å². The van der Waals surface area contributed by atoms with Gasteiger partial charge in [0.2, 0.25) is 5.88 Å². The van der Waals surface area contributed by atoms with E-state index in [0.717, 1.165) is 11.3 Å². The van der Waals surface area contributed by atoms with Crippen LogP contribution in [0.15, 0.2) is 28.4 Å². The van der Waals surface area contributed by atoms with Crippen molar-refractivity contribution in [1.29, 1.82) is 0 Å². The quantitative estimate of drug-likeness (QED) is 0.801. The number of hydrogen-bond acceptors (Lipinski definition) is 4. The van der Waals surface area contributed by atoms with Crippen molar-refractivity contribution in [3.05, 3.63) is 43.3 Å². The molecule has 0 aliphatic rings. The van der Waals surface area contributed by atoms with E-state index in [-0.39, 0.29) is 10.8 Å². The van der Waals surface area contributed by atoms with Crippen LogP contribution < -0.4 is 9.61 Å². The number of carbonyl (C=O) groups excluding carboxylic acids is 1. The number of benzene rings is 1. The Bertz CT molecular complexity index is 663. The summed E-state index contributed by atoms with van der Waals surface area (Å²) in [6, 6.07) is 4.72. The van der Waals surface area contributed by atoms with Crippen molar-refractivity contribution >= 4 is 40.5 Å². The first kappa shape index (κ1) is 13.1. The SMILES string of the molecule is CC(=O)Oc1csc(=O)n1-c1ccc(Cl)c(Cl)c1. The number of esters is 1. The summed E-state index contributed by atoms with van der Waals surface area (Å²) in [5, 5.41) is 2.17. The van der Waals surface area contributed by atoms with Crippen LogP contribution in [0, 0.1) is 0 Å². The first-order valence-corrected chi connectivity index (χ1v) is 6.47. The number of carbonyl (C=O) groups is 1. The highest BCUT2D eigenvalue weighted by molar-refractivity contribution is 7.07. The third kappa shape index (κ3) is 2.58. The van der Waals surface area contributed by atoms with Crippen LogP contribution in [0.5, 0.6) is 5.88 Å². The molecular weight excluding hydrogens is 297 g/mol. The number of thiazole rings is 1. The smallest absolute Gasteiger partial charge is 0.314 e. The molecule has 0 fully saturated rings. The summed E-state index contributed by atoms with van der Waals surface area (Å²) in [6.45, 7) is 1.27. The molecule has 1 aromatic heterocycles. The zero-order valence-corrected chi connectivity index (χ0v) is 11.5. The molecule has 1 aromatic carbocycles. The standard InChI is InChI=1S/C11H7Cl2NO3S/c1-6(15)17-10-5-18-11(16)14(10)7-2-3-8(12)9(13)4-7/h2-5H,1H3. The fourth-order valence-corrected chi connectivity index (χ4v) is 2.32. The van der Waals surface area contributed by atoms with Crippen LogP contribution in [0.3, 0.4) is 0 Å². The molecule has 0 amide bonds. The van der Waals surface area contributed by atoms with Crippen molar-refractivity contribution in [2.24, 2.45) is 0 Å². The number of nitrogens with zero attached hydrogens (tertiary/aromatic N) is 1. The summed E-state index contributed by atoms with van der Waals surface area (Å²) in [5.74, 6) is -0.336. The molecule has 1 heterocycles. The minimum Gasteiger partial charge on any atom is -0.408 e. The molecule has 0 spiro atoms. The summed E-state index contributed by atoms with van der Waals surface area (Å²) in [5.41, 5.74) is 0.493. The molecule has 94 valence electrons. The number of rotatable bonds is 2. The van der Waals surface area contributed by atoms with E-state index < -0.39 is 5.97 Å². The van der Waals surface area contributed by atoms with E-state index in [2.05, 4.69) is 0 Å². The topological polar surface area (TPSA) is 48.3 Å². The molecule has 0 saturated carbocycles. The lowest BCUT2D eigenvalue weighted by Crippen LogP contribution is -2.14. The first-order chi connectivity index (χ1) is 8.49. The average Bonchev–Trinajstić information content (AvgIpc) is 2.63. The van der Waals surface area contributed by atoms with E-state index in [1.165, 1.54) is 22.9 Å². The minimum absolute atomic E-state index is 0.163. The lowest BCUT2D eigenvalue weighted by atomic mass is 10.3. The molecule has 0 unspecified atom stereocenters. The van der Waals surface area contributed by atoms with E-state index in [1.54, 1.807) is 12.1 Å². The first-order valence-electron chi connectivity index (χ1n) is 4.83. The molecular formula is C11H7Cl2NO3S. The Kier molecular flexibility index (Phi) is 3.75. The van der Waals surface area contributed by atoms with Crippen molar-refractivity contribution in [2.75, 3.05) is 0 Å². The maximum Gasteiger partial charge on any atom is 0.314 e. The molecule has 0 N–H and O–H groups in total. The molecule has 2 rings (SSSR count). The molecule has 7 heteroatoms. The lowest BCUT2D eigenvalue weighted by molar-refractivity contribution is -0.132. The molecule has 18 heavy (non-hydrogen) atoms. The van der Waals surface area contributed by atoms with Gasteiger partial charge in [0, 0.05) is 6.92 Å². The Labute approximate surface area is 116 Å². The van der Waals surface area contributed by atoms with Gasteiger partial charge in [0.05, 0.1) is 21.1 Å². The van der Waals surface area contributed by atoms with Crippen molar-refractivity contribution in [3.8, 4) is 11.6 Å². The highest BCUT2D eigenvalue weighted by atomic mass is 35.5. The fourth-order valence-electron chi connectivity index (χ4n) is 1.37. The maximum atomic E-state index is 11.7. The van der Waals surface area contributed by atoms with Gasteiger partial charge in [-0.05, 0) is 18.2 Å². The number of halogens is 2. The van der Waals surface area contributed by atoms with Gasteiger partial charge in [0.15, 0.2) is 0 Å². The monoisotopic (exact) mass is 303 g/mol. The summed E-state index contributed by atoms with van der Waals surface area (Å²) in [4.78, 5) is 22.4. The van der Waals surface area contributed by atoms with Gasteiger partial charge >= 0.3 is 10.8 Å². The Morgan fingerprint density at radius 2 is 2.06 bits per heavy atom. The van der Waals surface area contributed by atoms with Gasteiger partial charge in [-0.1, -0.05) is 34.5 Å². The molecule has 2 aromatic rings. The van der Waals surface area contributed by atoms with E-state index in [9.17, 15) is 9.59 Å². The largest absolute Gasteiger partial charge is 0.408 e. The van der Waals surface area contributed by atoms with E-state index in [0.29, 0.717) is 15.7 Å². The zero-order valence-electron chi connectivity index (χ0n) is 9.15. The van der Waals surface area contributed by atoms with Crippen LogP contribution in [0.25, 0.3) is 5.69 Å². The lowest BCUT2D eigenvalue weighted by Gasteiger charge is -2.07. The molecule has 0 radical (unpaired) electrons. The second-order valence-electron chi connectivity index (χ2n) is 3.37. The second kappa shape index (κ2) is 5.14. The van der Waals surface area contributed by atoms with Crippen LogP contribution in [0.4, 0.5) is 0 Å². The fraction of sp³-hybridized carbons (Fsp3) is 0.0909. The van der Waals surface area contributed by atoms with Gasteiger partial charge in [-0.25, -0.2) is 4.57 Å². The Morgan fingerprint density at radius 1 is 1.33 bits per heavy atom. The molecule has 0 saturated heterocycles. The molecule has 0 aliphatic heterocycles. The van der Waals surface area contributed by atoms with Crippen molar-refractivity contribution in [3.63, 3.8) is 0 Å². The molecule has 0 atom stereocenters. The van der Waals surface area contributed by atoms with Crippen LogP contribution in [0.2, 0.25) is 10.0 Å². The number of aromatic nitrogens is 1. The minimum atomic E-state index is -0.499. The third-order valence-corrected chi connectivity index (χ3v) is 3.52. The Hall–Kier alpha value is -1.30. The molecule has 4 nitrogen and oxygen atoms in total. The van der Waals surface area contributed by atoms with Crippen LogP contribution in [0.1, 0.15) is 6.92 Å². The third-order valence-electron chi connectivity index (χ3n) is 2.07. The maximum absolute atomic E-state index is 11.7. The van der Waals surface area contributed by atoms with Gasteiger partial charge in [-0.3, -0.25) is 9.59 Å². The van der Waals surface area contributed by atoms with Crippen LogP contribution in [-0.2, 0) is 4.79 Å². The number of ether oxygens (including phenoxy) is 1. The summed E-state index contributed by atoms with van der Waals surface area (Å²) < 4.78 is 6.21. The van der Waals surface area contributed by atoms with E-state index in [4.69, 9.17) is 27.9 Å². The van der Waals surface area contributed by atoms with E-state index >= 15 is 0 Å². The Balaban J connectivity index is 2.55. The predicted octanol–water partition coefficient (Wildman–Crippen LogP) is 3.13. The number of hydrogen-bond donors (Lipinski definition) is 0. The van der Waals surface area contributed by atoms with Gasteiger partial charge in [-0.2, -0.15) is 0 Å². The van der Waals surface area contributed by atoms with Gasteiger partial charge in [0.1, 0.15) is 0 Å². The van der Waals surface area contributed by atoms with Crippen molar-refractivity contribution in [1.82, 2.24) is 4.57 Å². The van der Waals surface area contributed by atoms with Crippen molar-refractivity contribution < 1.29 is 9.53 Å². The summed E-state index contributed by atoms with van der Waals surface area (Å²) >= 11 is 12.6. The van der Waals surface area contributed by atoms with Crippen LogP contribution >= 0.6 is 34.5 Å². The summed E-state index contributed by atoms with van der Waals surface area (Å²) in [6.07, 6.45) is 0.